The number of hydrogen-bond donors (Lipinski definition) is 1. The Kier molecular flexibility index (Phi) is 2.73. The van der Waals surface area contributed by atoms with Crippen molar-refractivity contribution in [1.82, 2.24) is 4.98 Å². The van der Waals surface area contributed by atoms with Gasteiger partial charge in [0, 0.05) is 10.4 Å². The first kappa shape index (κ1) is 10.2. The molecule has 0 amide bonds. The lowest BCUT2D eigenvalue weighted by Crippen LogP contribution is -1.93. The fourth-order valence-electron chi connectivity index (χ4n) is 1.68. The summed E-state index contributed by atoms with van der Waals surface area (Å²) in [5, 5.41) is 0. The van der Waals surface area contributed by atoms with Gasteiger partial charge in [-0.3, -0.25) is 4.79 Å². The SMILES string of the molecule is CCc1sc(=O)[nH]c1-c1ccccc1C. The van der Waals surface area contributed by atoms with E-state index < -0.39 is 0 Å². The summed E-state index contributed by atoms with van der Waals surface area (Å²) in [6.45, 7) is 4.13. The first-order chi connectivity index (χ1) is 7.22. The van der Waals surface area contributed by atoms with Gasteiger partial charge in [0.05, 0.1) is 5.69 Å². The predicted octanol–water partition coefficient (Wildman–Crippen LogP) is 2.97. The Labute approximate surface area is 92.6 Å². The van der Waals surface area contributed by atoms with E-state index in [2.05, 4.69) is 24.9 Å². The van der Waals surface area contributed by atoms with Crippen LogP contribution in [0.1, 0.15) is 17.4 Å². The molecule has 2 nitrogen and oxygen atoms in total. The summed E-state index contributed by atoms with van der Waals surface area (Å²) in [7, 11) is 0. The minimum Gasteiger partial charge on any atom is -0.312 e. The Morgan fingerprint density at radius 3 is 2.73 bits per heavy atom. The van der Waals surface area contributed by atoms with Crippen LogP contribution >= 0.6 is 11.3 Å². The van der Waals surface area contributed by atoms with Crippen molar-refractivity contribution in [2.24, 2.45) is 0 Å². The van der Waals surface area contributed by atoms with E-state index in [1.165, 1.54) is 16.9 Å². The van der Waals surface area contributed by atoms with Crippen LogP contribution in [-0.4, -0.2) is 4.98 Å². The predicted molar refractivity (Wildman–Crippen MR) is 64.5 cm³/mol. The normalized spacial score (nSPS) is 10.5. The molecule has 0 saturated carbocycles. The molecule has 0 fully saturated rings. The van der Waals surface area contributed by atoms with Crippen LogP contribution in [-0.2, 0) is 6.42 Å². The lowest BCUT2D eigenvalue weighted by molar-refractivity contribution is 1.16. The molecule has 2 rings (SSSR count). The molecule has 0 aliphatic rings. The first-order valence-electron chi connectivity index (χ1n) is 5.00. The fraction of sp³-hybridized carbons (Fsp3) is 0.250. The summed E-state index contributed by atoms with van der Waals surface area (Å²) in [6.07, 6.45) is 0.896. The van der Waals surface area contributed by atoms with Gasteiger partial charge in [0.25, 0.3) is 0 Å². The third-order valence-electron chi connectivity index (χ3n) is 2.46. The third kappa shape index (κ3) is 1.88. The minimum atomic E-state index is 0.0325. The fourth-order valence-corrected chi connectivity index (χ4v) is 2.46. The summed E-state index contributed by atoms with van der Waals surface area (Å²) in [4.78, 5) is 15.4. The van der Waals surface area contributed by atoms with E-state index in [0.717, 1.165) is 22.6 Å². The van der Waals surface area contributed by atoms with Gasteiger partial charge in [-0.05, 0) is 18.9 Å². The van der Waals surface area contributed by atoms with Crippen LogP contribution in [0.4, 0.5) is 0 Å². The molecule has 78 valence electrons. The van der Waals surface area contributed by atoms with Gasteiger partial charge < -0.3 is 4.98 Å². The highest BCUT2D eigenvalue weighted by Gasteiger charge is 2.09. The monoisotopic (exact) mass is 219 g/mol. The zero-order valence-electron chi connectivity index (χ0n) is 8.83. The van der Waals surface area contributed by atoms with Crippen LogP contribution in [0.5, 0.6) is 0 Å². The molecular formula is C12H13NOS. The molecule has 1 aromatic heterocycles. The lowest BCUT2D eigenvalue weighted by Gasteiger charge is -2.04. The van der Waals surface area contributed by atoms with Crippen LogP contribution in [0.25, 0.3) is 11.3 Å². The topological polar surface area (TPSA) is 32.9 Å². The Balaban J connectivity index is 2.63. The molecular weight excluding hydrogens is 206 g/mol. The maximum absolute atomic E-state index is 11.3. The minimum absolute atomic E-state index is 0.0325. The average molecular weight is 219 g/mol. The Morgan fingerprint density at radius 1 is 1.33 bits per heavy atom. The molecule has 0 aliphatic carbocycles. The Hall–Kier alpha value is -1.35. The van der Waals surface area contributed by atoms with Gasteiger partial charge in [0.2, 0.25) is 0 Å². The molecule has 1 aromatic carbocycles. The number of rotatable bonds is 2. The Morgan fingerprint density at radius 2 is 2.07 bits per heavy atom. The van der Waals surface area contributed by atoms with Gasteiger partial charge in [-0.2, -0.15) is 0 Å². The van der Waals surface area contributed by atoms with Gasteiger partial charge in [0.15, 0.2) is 0 Å². The molecule has 1 N–H and O–H groups in total. The second-order valence-electron chi connectivity index (χ2n) is 3.48. The van der Waals surface area contributed by atoms with E-state index >= 15 is 0 Å². The average Bonchev–Trinajstić information content (AvgIpc) is 2.60. The maximum Gasteiger partial charge on any atom is 0.305 e. The number of aromatic amines is 1. The van der Waals surface area contributed by atoms with Crippen LogP contribution < -0.4 is 4.87 Å². The van der Waals surface area contributed by atoms with E-state index in [4.69, 9.17) is 0 Å². The largest absolute Gasteiger partial charge is 0.312 e. The van der Waals surface area contributed by atoms with Crippen LogP contribution in [0.2, 0.25) is 0 Å². The van der Waals surface area contributed by atoms with Crippen molar-refractivity contribution < 1.29 is 0 Å². The standard InChI is InChI=1S/C12H13NOS/c1-3-10-11(13-12(14)15-10)9-7-5-4-6-8(9)2/h4-7H,3H2,1-2H3,(H,13,14). The number of hydrogen-bond acceptors (Lipinski definition) is 2. The van der Waals surface area contributed by atoms with Gasteiger partial charge in [-0.1, -0.05) is 42.5 Å². The molecule has 1 heterocycles. The zero-order valence-corrected chi connectivity index (χ0v) is 9.65. The molecule has 2 aromatic rings. The van der Waals surface area contributed by atoms with Gasteiger partial charge in [0.1, 0.15) is 0 Å². The highest BCUT2D eigenvalue weighted by atomic mass is 32.1. The quantitative estimate of drug-likeness (QED) is 0.827. The summed E-state index contributed by atoms with van der Waals surface area (Å²) in [5.41, 5.74) is 3.32. The van der Waals surface area contributed by atoms with Crippen molar-refractivity contribution >= 4 is 11.3 Å². The van der Waals surface area contributed by atoms with Gasteiger partial charge in [-0.15, -0.1) is 0 Å². The van der Waals surface area contributed by atoms with Crippen molar-refractivity contribution in [2.45, 2.75) is 20.3 Å². The zero-order chi connectivity index (χ0) is 10.8. The van der Waals surface area contributed by atoms with E-state index in [1.807, 2.05) is 18.2 Å². The molecule has 0 radical (unpaired) electrons. The summed E-state index contributed by atoms with van der Waals surface area (Å²) >= 11 is 1.31. The van der Waals surface area contributed by atoms with E-state index in [0.29, 0.717) is 0 Å². The third-order valence-corrected chi connectivity index (χ3v) is 3.48. The van der Waals surface area contributed by atoms with Crippen molar-refractivity contribution in [2.75, 3.05) is 0 Å². The van der Waals surface area contributed by atoms with E-state index in [1.54, 1.807) is 0 Å². The maximum atomic E-state index is 11.3. The number of benzene rings is 1. The van der Waals surface area contributed by atoms with Gasteiger partial charge >= 0.3 is 4.87 Å². The van der Waals surface area contributed by atoms with E-state index in [-0.39, 0.29) is 4.87 Å². The van der Waals surface area contributed by atoms with Crippen LogP contribution in [0, 0.1) is 6.92 Å². The second kappa shape index (κ2) is 4.03. The number of nitrogens with one attached hydrogen (secondary N) is 1. The van der Waals surface area contributed by atoms with Crippen LogP contribution in [0.3, 0.4) is 0 Å². The van der Waals surface area contributed by atoms with Gasteiger partial charge in [-0.25, -0.2) is 0 Å². The van der Waals surface area contributed by atoms with Crippen molar-refractivity contribution in [3.63, 3.8) is 0 Å². The summed E-state index contributed by atoms with van der Waals surface area (Å²) in [6, 6.07) is 8.12. The van der Waals surface area contributed by atoms with E-state index in [9.17, 15) is 4.79 Å². The van der Waals surface area contributed by atoms with Crippen molar-refractivity contribution in [1.29, 1.82) is 0 Å². The number of aromatic nitrogens is 1. The summed E-state index contributed by atoms with van der Waals surface area (Å²) in [5.74, 6) is 0. The second-order valence-corrected chi connectivity index (χ2v) is 4.55. The molecule has 0 atom stereocenters. The number of aryl methyl sites for hydroxylation is 2. The molecule has 0 bridgehead atoms. The molecule has 0 saturated heterocycles. The Bertz CT molecular complexity index is 524. The number of thiazole rings is 1. The highest BCUT2D eigenvalue weighted by Crippen LogP contribution is 2.26. The molecule has 0 spiro atoms. The molecule has 15 heavy (non-hydrogen) atoms. The summed E-state index contributed by atoms with van der Waals surface area (Å²) < 4.78 is 0. The van der Waals surface area contributed by atoms with Crippen molar-refractivity contribution in [3.05, 3.63) is 44.4 Å². The smallest absolute Gasteiger partial charge is 0.305 e. The highest BCUT2D eigenvalue weighted by molar-refractivity contribution is 7.09. The molecule has 0 aliphatic heterocycles. The van der Waals surface area contributed by atoms with Crippen LogP contribution in [0.15, 0.2) is 29.1 Å². The first-order valence-corrected chi connectivity index (χ1v) is 5.82. The number of H-pyrrole nitrogens is 1. The molecule has 0 unspecified atom stereocenters. The lowest BCUT2D eigenvalue weighted by atomic mass is 10.0. The van der Waals surface area contributed by atoms with Crippen molar-refractivity contribution in [3.8, 4) is 11.3 Å². The molecule has 3 heteroatoms.